The van der Waals surface area contributed by atoms with Gasteiger partial charge in [0.2, 0.25) is 0 Å². The van der Waals surface area contributed by atoms with Crippen LogP contribution in [-0.2, 0) is 9.53 Å². The number of hydrogen-bond donors (Lipinski definition) is 0. The molecule has 4 rings (SSSR count). The number of thiophene rings is 1. The van der Waals surface area contributed by atoms with Crippen molar-refractivity contribution in [1.29, 1.82) is 0 Å². The molecule has 1 saturated heterocycles. The van der Waals surface area contributed by atoms with Gasteiger partial charge in [0.05, 0.1) is 11.3 Å². The summed E-state index contributed by atoms with van der Waals surface area (Å²) in [4.78, 5) is 38.4. The first-order chi connectivity index (χ1) is 14.8. The Morgan fingerprint density at radius 2 is 1.84 bits per heavy atom. The third-order valence-corrected chi connectivity index (χ3v) is 7.36. The fourth-order valence-corrected chi connectivity index (χ4v) is 4.97. The van der Waals surface area contributed by atoms with Crippen LogP contribution in [0.1, 0.15) is 44.8 Å². The highest BCUT2D eigenvalue weighted by atomic mass is 32.1. The van der Waals surface area contributed by atoms with E-state index in [1.165, 1.54) is 10.4 Å². The zero-order chi connectivity index (χ0) is 22.1. The van der Waals surface area contributed by atoms with E-state index in [2.05, 4.69) is 28.7 Å². The van der Waals surface area contributed by atoms with E-state index in [-0.39, 0.29) is 24.3 Å². The maximum absolute atomic E-state index is 12.6. The molecule has 31 heavy (non-hydrogen) atoms. The van der Waals surface area contributed by atoms with Crippen molar-refractivity contribution in [1.82, 2.24) is 9.97 Å². The van der Waals surface area contributed by atoms with Crippen molar-refractivity contribution in [3.05, 3.63) is 51.7 Å². The van der Waals surface area contributed by atoms with Crippen molar-refractivity contribution in [3.8, 4) is 0 Å². The number of benzene rings is 1. The maximum atomic E-state index is 12.6. The third kappa shape index (κ3) is 4.32. The Bertz CT molecular complexity index is 1150. The van der Waals surface area contributed by atoms with E-state index < -0.39 is 0 Å². The molecule has 2 aromatic heterocycles. The topological polar surface area (TPSA) is 72.4 Å². The van der Waals surface area contributed by atoms with Gasteiger partial charge in [-0.2, -0.15) is 0 Å². The zero-order valence-corrected chi connectivity index (χ0v) is 19.2. The molecule has 1 aliphatic heterocycles. The van der Waals surface area contributed by atoms with Gasteiger partial charge in [-0.15, -0.1) is 11.3 Å². The summed E-state index contributed by atoms with van der Waals surface area (Å²) in [6, 6.07) is 5.55. The number of anilines is 1. The number of piperidine rings is 1. The largest absolute Gasteiger partial charge is 0.457 e. The number of carbonyl (C=O) groups excluding carboxylic acids is 2. The lowest BCUT2D eigenvalue weighted by Gasteiger charge is -2.32. The van der Waals surface area contributed by atoms with Crippen LogP contribution in [0.2, 0.25) is 0 Å². The van der Waals surface area contributed by atoms with Crippen LogP contribution in [0, 0.1) is 33.6 Å². The summed E-state index contributed by atoms with van der Waals surface area (Å²) in [6.07, 6.45) is 2.99. The molecule has 1 fully saturated rings. The molecule has 162 valence electrons. The van der Waals surface area contributed by atoms with Crippen molar-refractivity contribution < 1.29 is 14.3 Å². The quantitative estimate of drug-likeness (QED) is 0.430. The fraction of sp³-hybridized carbons (Fsp3) is 0.417. The molecule has 0 spiro atoms. The molecular weight excluding hydrogens is 410 g/mol. The van der Waals surface area contributed by atoms with E-state index >= 15 is 0 Å². The molecule has 1 aliphatic rings. The molecule has 0 N–H and O–H groups in total. The third-order valence-electron chi connectivity index (χ3n) is 6.25. The smallest absolute Gasteiger partial charge is 0.309 e. The van der Waals surface area contributed by atoms with Gasteiger partial charge in [0.25, 0.3) is 0 Å². The lowest BCUT2D eigenvalue weighted by Crippen LogP contribution is -2.37. The van der Waals surface area contributed by atoms with Crippen molar-refractivity contribution in [2.75, 3.05) is 24.6 Å². The van der Waals surface area contributed by atoms with Gasteiger partial charge < -0.3 is 9.64 Å². The molecule has 0 saturated carbocycles. The number of esters is 1. The van der Waals surface area contributed by atoms with E-state index in [9.17, 15) is 9.59 Å². The minimum atomic E-state index is -0.285. The second-order valence-corrected chi connectivity index (χ2v) is 9.46. The number of aryl methyl sites for hydroxylation is 4. The summed E-state index contributed by atoms with van der Waals surface area (Å²) < 4.78 is 5.37. The molecule has 0 atom stereocenters. The van der Waals surface area contributed by atoms with Crippen molar-refractivity contribution in [2.24, 2.45) is 5.92 Å². The van der Waals surface area contributed by atoms with Crippen LogP contribution in [0.3, 0.4) is 0 Å². The van der Waals surface area contributed by atoms with E-state index in [0.29, 0.717) is 18.4 Å². The second kappa shape index (κ2) is 8.75. The van der Waals surface area contributed by atoms with Crippen molar-refractivity contribution in [2.45, 2.75) is 40.5 Å². The van der Waals surface area contributed by atoms with E-state index in [0.717, 1.165) is 40.3 Å². The first-order valence-electron chi connectivity index (χ1n) is 10.6. The number of hydrogen-bond acceptors (Lipinski definition) is 7. The number of ether oxygens (including phenoxy) is 1. The van der Waals surface area contributed by atoms with Gasteiger partial charge in [0.1, 0.15) is 17.0 Å². The van der Waals surface area contributed by atoms with Gasteiger partial charge in [0, 0.05) is 23.5 Å². The van der Waals surface area contributed by atoms with Crippen LogP contribution in [-0.4, -0.2) is 41.4 Å². The predicted octanol–water partition coefficient (Wildman–Crippen LogP) is 4.57. The predicted molar refractivity (Wildman–Crippen MR) is 123 cm³/mol. The number of nitrogens with zero attached hydrogens (tertiary/aromatic N) is 3. The van der Waals surface area contributed by atoms with Gasteiger partial charge in [-0.3, -0.25) is 9.59 Å². The maximum Gasteiger partial charge on any atom is 0.309 e. The summed E-state index contributed by atoms with van der Waals surface area (Å²) >= 11 is 1.69. The Labute approximate surface area is 186 Å². The molecule has 7 heteroatoms. The summed E-state index contributed by atoms with van der Waals surface area (Å²) in [6.45, 7) is 9.43. The Morgan fingerprint density at radius 1 is 1.10 bits per heavy atom. The van der Waals surface area contributed by atoms with Crippen LogP contribution < -0.4 is 4.90 Å². The molecule has 3 heterocycles. The highest BCUT2D eigenvalue weighted by molar-refractivity contribution is 7.18. The molecule has 0 bridgehead atoms. The second-order valence-electron chi connectivity index (χ2n) is 8.25. The van der Waals surface area contributed by atoms with E-state index in [1.54, 1.807) is 23.7 Å². The highest BCUT2D eigenvalue weighted by Crippen LogP contribution is 2.35. The lowest BCUT2D eigenvalue weighted by molar-refractivity contribution is -0.148. The van der Waals surface area contributed by atoms with Gasteiger partial charge in [-0.05, 0) is 63.3 Å². The first kappa shape index (κ1) is 21.4. The Morgan fingerprint density at radius 3 is 2.55 bits per heavy atom. The highest BCUT2D eigenvalue weighted by Gasteiger charge is 2.28. The molecular formula is C24H27N3O3S. The Kier molecular flexibility index (Phi) is 6.05. The zero-order valence-electron chi connectivity index (χ0n) is 18.4. The van der Waals surface area contributed by atoms with E-state index in [4.69, 9.17) is 4.74 Å². The van der Waals surface area contributed by atoms with Crippen LogP contribution in [0.25, 0.3) is 10.2 Å². The minimum Gasteiger partial charge on any atom is -0.457 e. The molecule has 3 aromatic rings. The van der Waals surface area contributed by atoms with Gasteiger partial charge >= 0.3 is 5.97 Å². The molecule has 0 aliphatic carbocycles. The summed E-state index contributed by atoms with van der Waals surface area (Å²) in [5.41, 5.74) is 4.00. The Balaban J connectivity index is 1.35. The number of ketones is 1. The average molecular weight is 438 g/mol. The van der Waals surface area contributed by atoms with Gasteiger partial charge in [-0.1, -0.05) is 12.1 Å². The van der Waals surface area contributed by atoms with Gasteiger partial charge in [-0.25, -0.2) is 9.97 Å². The number of carbonyl (C=O) groups is 2. The molecule has 1 aromatic carbocycles. The summed E-state index contributed by atoms with van der Waals surface area (Å²) in [7, 11) is 0. The lowest BCUT2D eigenvalue weighted by atomic mass is 9.96. The van der Waals surface area contributed by atoms with Gasteiger partial charge in [0.15, 0.2) is 12.4 Å². The Hall–Kier alpha value is -2.80. The summed E-state index contributed by atoms with van der Waals surface area (Å²) in [5.74, 6) is 0.308. The molecule has 0 unspecified atom stereocenters. The summed E-state index contributed by atoms with van der Waals surface area (Å²) in [5, 5.41) is 1.12. The molecule has 0 radical (unpaired) electrons. The van der Waals surface area contributed by atoms with Crippen LogP contribution >= 0.6 is 11.3 Å². The van der Waals surface area contributed by atoms with Crippen LogP contribution in [0.5, 0.6) is 0 Å². The number of fused-ring (bicyclic) bond motifs is 1. The molecule has 6 nitrogen and oxygen atoms in total. The fourth-order valence-electron chi connectivity index (χ4n) is 3.98. The van der Waals surface area contributed by atoms with Crippen LogP contribution in [0.4, 0.5) is 5.82 Å². The van der Waals surface area contributed by atoms with Crippen molar-refractivity contribution in [3.63, 3.8) is 0 Å². The first-order valence-corrected chi connectivity index (χ1v) is 11.4. The standard InChI is InChI=1S/C24H27N3O3S/c1-14-5-6-19(11-15(14)2)20(28)12-30-24(29)18-7-9-27(10-8-18)22-21-16(3)17(4)31-23(21)26-13-25-22/h5-6,11,13,18H,7-10,12H2,1-4H3. The number of rotatable bonds is 5. The SMILES string of the molecule is Cc1ccc(C(=O)COC(=O)C2CCN(c3ncnc4sc(C)c(C)c34)CC2)cc1C. The monoisotopic (exact) mass is 437 g/mol. The van der Waals surface area contributed by atoms with Crippen molar-refractivity contribution >= 4 is 39.1 Å². The van der Waals surface area contributed by atoms with E-state index in [1.807, 2.05) is 26.0 Å². The minimum absolute atomic E-state index is 0.166. The molecule has 0 amide bonds. The average Bonchev–Trinajstić information content (AvgIpc) is 3.07. The number of Topliss-reactive ketones (excluding diaryl/α,β-unsaturated/α-hetero) is 1. The number of aromatic nitrogens is 2. The van der Waals surface area contributed by atoms with Crippen LogP contribution in [0.15, 0.2) is 24.5 Å². The normalized spacial score (nSPS) is 14.8.